The largest absolute Gasteiger partial charge is 0.357 e. The molecule has 4 nitrogen and oxygen atoms in total. The average Bonchev–Trinajstić information content (AvgIpc) is 3.20. The molecule has 21 heavy (non-hydrogen) atoms. The standard InChI is InChI=1S/C16H22FN3O/c1-18-16(21)14-6-3-9-20(14)15-11(4-2-5-13(15)17)10-19-12-7-8-12/h2,4-5,12,14,19H,3,6-10H2,1H3,(H,18,21). The van der Waals surface area contributed by atoms with Crippen LogP contribution in [0.25, 0.3) is 0 Å². The van der Waals surface area contributed by atoms with Crippen LogP contribution in [0.5, 0.6) is 0 Å². The van der Waals surface area contributed by atoms with E-state index >= 15 is 0 Å². The molecule has 1 amide bonds. The van der Waals surface area contributed by atoms with Gasteiger partial charge in [0.15, 0.2) is 0 Å². The zero-order valence-corrected chi connectivity index (χ0v) is 12.4. The van der Waals surface area contributed by atoms with Gasteiger partial charge in [0, 0.05) is 26.2 Å². The molecule has 2 N–H and O–H groups in total. The molecule has 0 spiro atoms. The summed E-state index contributed by atoms with van der Waals surface area (Å²) >= 11 is 0. The van der Waals surface area contributed by atoms with Crippen molar-refractivity contribution in [1.82, 2.24) is 10.6 Å². The molecular formula is C16H22FN3O. The molecule has 0 radical (unpaired) electrons. The van der Waals surface area contributed by atoms with Crippen LogP contribution in [0.4, 0.5) is 10.1 Å². The Morgan fingerprint density at radius 2 is 2.19 bits per heavy atom. The van der Waals surface area contributed by atoms with Crippen molar-refractivity contribution in [1.29, 1.82) is 0 Å². The lowest BCUT2D eigenvalue weighted by molar-refractivity contribution is -0.121. The quantitative estimate of drug-likeness (QED) is 0.869. The summed E-state index contributed by atoms with van der Waals surface area (Å²) in [6.45, 7) is 1.39. The molecule has 1 saturated carbocycles. The minimum atomic E-state index is -0.258. The van der Waals surface area contributed by atoms with E-state index in [9.17, 15) is 9.18 Å². The highest BCUT2D eigenvalue weighted by atomic mass is 19.1. The summed E-state index contributed by atoms with van der Waals surface area (Å²) in [5.41, 5.74) is 1.54. The Kier molecular flexibility index (Phi) is 4.10. The predicted octanol–water partition coefficient (Wildman–Crippen LogP) is 1.79. The maximum Gasteiger partial charge on any atom is 0.242 e. The van der Waals surface area contributed by atoms with E-state index in [1.807, 2.05) is 11.0 Å². The third kappa shape index (κ3) is 3.02. The SMILES string of the molecule is CNC(=O)C1CCCN1c1c(F)cccc1CNC1CC1. The number of amides is 1. The summed E-state index contributed by atoms with van der Waals surface area (Å²) < 4.78 is 14.4. The van der Waals surface area contributed by atoms with Crippen LogP contribution in [-0.4, -0.2) is 31.6 Å². The average molecular weight is 291 g/mol. The number of nitrogens with zero attached hydrogens (tertiary/aromatic N) is 1. The van der Waals surface area contributed by atoms with Crippen LogP contribution < -0.4 is 15.5 Å². The summed E-state index contributed by atoms with van der Waals surface area (Å²) in [5.74, 6) is -0.266. The maximum absolute atomic E-state index is 14.4. The van der Waals surface area contributed by atoms with Crippen LogP contribution in [0, 0.1) is 5.82 Å². The minimum Gasteiger partial charge on any atom is -0.357 e. The number of carbonyl (C=O) groups is 1. The van der Waals surface area contributed by atoms with Crippen molar-refractivity contribution in [2.45, 2.75) is 44.3 Å². The molecule has 1 aromatic rings. The predicted molar refractivity (Wildman–Crippen MR) is 80.7 cm³/mol. The number of benzene rings is 1. The monoisotopic (exact) mass is 291 g/mol. The van der Waals surface area contributed by atoms with Crippen molar-refractivity contribution in [3.8, 4) is 0 Å². The zero-order valence-electron chi connectivity index (χ0n) is 12.4. The summed E-state index contributed by atoms with van der Waals surface area (Å²) in [6.07, 6.45) is 4.11. The van der Waals surface area contributed by atoms with E-state index in [2.05, 4.69) is 10.6 Å². The Balaban J connectivity index is 1.86. The molecule has 1 aliphatic heterocycles. The number of rotatable bonds is 5. The Labute approximate surface area is 124 Å². The van der Waals surface area contributed by atoms with Crippen LogP contribution >= 0.6 is 0 Å². The van der Waals surface area contributed by atoms with E-state index in [0.717, 1.165) is 24.9 Å². The number of anilines is 1. The van der Waals surface area contributed by atoms with Crippen LogP contribution in [0.3, 0.4) is 0 Å². The molecule has 0 bridgehead atoms. The Morgan fingerprint density at radius 3 is 2.90 bits per heavy atom. The van der Waals surface area contributed by atoms with E-state index in [-0.39, 0.29) is 17.8 Å². The van der Waals surface area contributed by atoms with Crippen molar-refractivity contribution in [3.05, 3.63) is 29.6 Å². The molecule has 114 valence electrons. The topological polar surface area (TPSA) is 44.4 Å². The Hall–Kier alpha value is -1.62. The second-order valence-electron chi connectivity index (χ2n) is 5.87. The van der Waals surface area contributed by atoms with Crippen molar-refractivity contribution in [3.63, 3.8) is 0 Å². The summed E-state index contributed by atoms with van der Waals surface area (Å²) in [5, 5.41) is 6.12. The van der Waals surface area contributed by atoms with Gasteiger partial charge in [-0.1, -0.05) is 12.1 Å². The lowest BCUT2D eigenvalue weighted by atomic mass is 10.1. The lowest BCUT2D eigenvalue weighted by Crippen LogP contribution is -2.42. The van der Waals surface area contributed by atoms with Crippen molar-refractivity contribution in [2.24, 2.45) is 0 Å². The van der Waals surface area contributed by atoms with Gasteiger partial charge in [0.25, 0.3) is 0 Å². The lowest BCUT2D eigenvalue weighted by Gasteiger charge is -2.28. The number of para-hydroxylation sites is 1. The highest BCUT2D eigenvalue weighted by molar-refractivity contribution is 5.86. The van der Waals surface area contributed by atoms with E-state index in [1.54, 1.807) is 13.1 Å². The first-order valence-electron chi connectivity index (χ1n) is 7.69. The van der Waals surface area contributed by atoms with E-state index in [0.29, 0.717) is 18.3 Å². The number of carbonyl (C=O) groups excluding carboxylic acids is 1. The molecule has 1 unspecified atom stereocenters. The smallest absolute Gasteiger partial charge is 0.242 e. The van der Waals surface area contributed by atoms with Crippen LogP contribution in [-0.2, 0) is 11.3 Å². The molecule has 3 rings (SSSR count). The fraction of sp³-hybridized carbons (Fsp3) is 0.562. The van der Waals surface area contributed by atoms with Gasteiger partial charge >= 0.3 is 0 Å². The Bertz CT molecular complexity index is 530. The molecule has 2 aliphatic rings. The molecule has 5 heteroatoms. The third-order valence-electron chi connectivity index (χ3n) is 4.32. The molecule has 1 aromatic carbocycles. The maximum atomic E-state index is 14.4. The normalized spacial score (nSPS) is 21.6. The van der Waals surface area contributed by atoms with E-state index in [4.69, 9.17) is 0 Å². The first-order valence-corrected chi connectivity index (χ1v) is 7.69. The fourth-order valence-corrected chi connectivity index (χ4v) is 3.04. The van der Waals surface area contributed by atoms with Gasteiger partial charge < -0.3 is 15.5 Å². The molecule has 1 saturated heterocycles. The van der Waals surface area contributed by atoms with E-state index in [1.165, 1.54) is 18.9 Å². The highest BCUT2D eigenvalue weighted by Gasteiger charge is 2.33. The van der Waals surface area contributed by atoms with Gasteiger partial charge in [-0.05, 0) is 37.3 Å². The third-order valence-corrected chi connectivity index (χ3v) is 4.32. The number of likely N-dealkylation sites (N-methyl/N-ethyl adjacent to an activating group) is 1. The van der Waals surface area contributed by atoms with E-state index < -0.39 is 0 Å². The summed E-state index contributed by atoms with van der Waals surface area (Å²) in [6, 6.07) is 5.50. The van der Waals surface area contributed by atoms with Gasteiger partial charge in [0.05, 0.1) is 5.69 Å². The molecule has 0 aromatic heterocycles. The van der Waals surface area contributed by atoms with Crippen LogP contribution in [0.15, 0.2) is 18.2 Å². The first-order chi connectivity index (χ1) is 10.2. The number of hydrogen-bond acceptors (Lipinski definition) is 3. The molecule has 1 heterocycles. The van der Waals surface area contributed by atoms with Crippen molar-refractivity contribution in [2.75, 3.05) is 18.5 Å². The summed E-state index contributed by atoms with van der Waals surface area (Å²) in [7, 11) is 1.63. The number of halogens is 1. The van der Waals surface area contributed by atoms with Crippen LogP contribution in [0.2, 0.25) is 0 Å². The Morgan fingerprint density at radius 1 is 1.38 bits per heavy atom. The van der Waals surface area contributed by atoms with Gasteiger partial charge in [-0.3, -0.25) is 4.79 Å². The van der Waals surface area contributed by atoms with Gasteiger partial charge in [0.1, 0.15) is 11.9 Å². The molecule has 2 fully saturated rings. The summed E-state index contributed by atoms with van der Waals surface area (Å²) in [4.78, 5) is 13.9. The van der Waals surface area contributed by atoms with Gasteiger partial charge in [-0.2, -0.15) is 0 Å². The second-order valence-corrected chi connectivity index (χ2v) is 5.87. The van der Waals surface area contributed by atoms with Crippen LogP contribution in [0.1, 0.15) is 31.2 Å². The molecule has 1 aliphatic carbocycles. The fourth-order valence-electron chi connectivity index (χ4n) is 3.04. The number of nitrogens with one attached hydrogen (secondary N) is 2. The van der Waals surface area contributed by atoms with Gasteiger partial charge in [-0.15, -0.1) is 0 Å². The molecule has 1 atom stereocenters. The minimum absolute atomic E-state index is 0.0307. The first kappa shape index (κ1) is 14.3. The number of hydrogen-bond donors (Lipinski definition) is 2. The van der Waals surface area contributed by atoms with Crippen molar-refractivity contribution >= 4 is 11.6 Å². The van der Waals surface area contributed by atoms with Crippen molar-refractivity contribution < 1.29 is 9.18 Å². The van der Waals surface area contributed by atoms with Gasteiger partial charge in [0.2, 0.25) is 5.91 Å². The zero-order chi connectivity index (χ0) is 14.8. The highest BCUT2D eigenvalue weighted by Crippen LogP contribution is 2.32. The molecular weight excluding hydrogens is 269 g/mol. The second kappa shape index (κ2) is 6.02. The van der Waals surface area contributed by atoms with Gasteiger partial charge in [-0.25, -0.2) is 4.39 Å².